The molecular weight excluding hydrogens is 548 g/mol. The number of nitrogens with two attached hydrogens (primary N) is 1. The molecule has 0 aromatic heterocycles. The van der Waals surface area contributed by atoms with Crippen LogP contribution in [0.2, 0.25) is 0 Å². The molecule has 1 aliphatic carbocycles. The molecule has 4 atom stereocenters. The van der Waals surface area contributed by atoms with Gasteiger partial charge in [-0.15, -0.1) is 0 Å². The Balaban J connectivity index is 2.03. The highest BCUT2D eigenvalue weighted by molar-refractivity contribution is 5.81. The molecule has 0 bridgehead atoms. The predicted octanol–water partition coefficient (Wildman–Crippen LogP) is 4.91. The average molecular weight is 607 g/mol. The molecule has 9 nitrogen and oxygen atoms in total. The normalized spacial score (nSPS) is 17.7. The van der Waals surface area contributed by atoms with Crippen molar-refractivity contribution >= 4 is 11.9 Å². The van der Waals surface area contributed by atoms with Crippen molar-refractivity contribution in [2.24, 2.45) is 34.8 Å². The number of aliphatic hydroxyl groups is 1. The molecular formula is C34H58N2O7. The molecule has 1 aliphatic rings. The second-order valence-electron chi connectivity index (χ2n) is 13.0. The molecule has 1 aromatic rings. The minimum Gasteiger partial charge on any atom is -0.493 e. The smallest absolute Gasteiger partial charge is 0.313 e. The van der Waals surface area contributed by atoms with Crippen molar-refractivity contribution in [3.8, 4) is 11.5 Å². The van der Waals surface area contributed by atoms with Crippen LogP contribution in [0.15, 0.2) is 18.2 Å². The second-order valence-corrected chi connectivity index (χ2v) is 13.0. The van der Waals surface area contributed by atoms with E-state index in [0.29, 0.717) is 49.9 Å². The molecule has 43 heavy (non-hydrogen) atoms. The first-order chi connectivity index (χ1) is 20.5. The van der Waals surface area contributed by atoms with Gasteiger partial charge in [0.25, 0.3) is 0 Å². The van der Waals surface area contributed by atoms with Crippen LogP contribution in [0.3, 0.4) is 0 Å². The van der Waals surface area contributed by atoms with Crippen molar-refractivity contribution in [1.29, 1.82) is 0 Å². The fraction of sp³-hybridized carbons (Fsp3) is 0.765. The van der Waals surface area contributed by atoms with Crippen molar-refractivity contribution < 1.29 is 33.6 Å². The topological polar surface area (TPSA) is 129 Å². The van der Waals surface area contributed by atoms with E-state index >= 15 is 0 Å². The van der Waals surface area contributed by atoms with Crippen LogP contribution in [-0.4, -0.2) is 70.2 Å². The molecule has 0 unspecified atom stereocenters. The van der Waals surface area contributed by atoms with Crippen LogP contribution >= 0.6 is 0 Å². The number of ether oxygens (including phenoxy) is 4. The van der Waals surface area contributed by atoms with Gasteiger partial charge in [-0.05, 0) is 67.6 Å². The first-order valence-corrected chi connectivity index (χ1v) is 16.1. The zero-order valence-electron chi connectivity index (χ0n) is 27.7. The molecule has 9 heteroatoms. The van der Waals surface area contributed by atoms with E-state index < -0.39 is 23.5 Å². The Bertz CT molecular complexity index is 977. The highest BCUT2D eigenvalue weighted by Gasteiger charge is 2.41. The quantitative estimate of drug-likeness (QED) is 0.150. The van der Waals surface area contributed by atoms with Crippen LogP contribution in [0, 0.1) is 29.1 Å². The maximum atomic E-state index is 13.4. The summed E-state index contributed by atoms with van der Waals surface area (Å²) in [6.45, 7) is 9.73. The fourth-order valence-corrected chi connectivity index (χ4v) is 6.15. The third-order valence-electron chi connectivity index (χ3n) is 9.16. The first-order valence-electron chi connectivity index (χ1n) is 16.1. The minimum absolute atomic E-state index is 0.00443. The van der Waals surface area contributed by atoms with Gasteiger partial charge in [0, 0.05) is 38.6 Å². The van der Waals surface area contributed by atoms with Crippen LogP contribution in [0.5, 0.6) is 11.5 Å². The number of amides is 1. The summed E-state index contributed by atoms with van der Waals surface area (Å²) in [6, 6.07) is 5.51. The van der Waals surface area contributed by atoms with Crippen LogP contribution in [0.25, 0.3) is 0 Å². The second kappa shape index (κ2) is 18.4. The monoisotopic (exact) mass is 606 g/mol. The van der Waals surface area contributed by atoms with Crippen molar-refractivity contribution in [3.63, 3.8) is 0 Å². The predicted molar refractivity (Wildman–Crippen MR) is 169 cm³/mol. The van der Waals surface area contributed by atoms with Gasteiger partial charge in [0.2, 0.25) is 5.91 Å². The summed E-state index contributed by atoms with van der Waals surface area (Å²) in [6.07, 6.45) is 6.02. The van der Waals surface area contributed by atoms with Gasteiger partial charge < -0.3 is 35.1 Å². The Morgan fingerprint density at radius 1 is 0.977 bits per heavy atom. The van der Waals surface area contributed by atoms with Gasteiger partial charge in [-0.1, -0.05) is 53.0 Å². The van der Waals surface area contributed by atoms with Gasteiger partial charge in [-0.3, -0.25) is 9.59 Å². The number of rotatable bonds is 19. The van der Waals surface area contributed by atoms with E-state index in [1.165, 1.54) is 7.11 Å². The Morgan fingerprint density at radius 3 is 2.26 bits per heavy atom. The lowest BCUT2D eigenvalue weighted by Crippen LogP contribution is -2.48. The summed E-state index contributed by atoms with van der Waals surface area (Å²) in [5.74, 6) is 1.13. The van der Waals surface area contributed by atoms with E-state index in [9.17, 15) is 14.7 Å². The van der Waals surface area contributed by atoms with E-state index in [2.05, 4.69) is 19.2 Å². The highest BCUT2D eigenvalue weighted by atomic mass is 16.5. The highest BCUT2D eigenvalue weighted by Crippen LogP contribution is 2.37. The molecule has 0 aliphatic heterocycles. The first kappa shape index (κ1) is 36.8. The van der Waals surface area contributed by atoms with Crippen LogP contribution in [0.4, 0.5) is 0 Å². The maximum absolute atomic E-state index is 13.4. The molecule has 1 aromatic carbocycles. The number of carbonyl (C=O) groups excluding carboxylic acids is 2. The number of aliphatic hydroxyl groups excluding tert-OH is 1. The van der Waals surface area contributed by atoms with E-state index in [1.807, 2.05) is 32.0 Å². The standard InChI is InChI=1S/C34H58N2O7/c1-23(2)26(18-25-12-13-30(41-6)31(19-25)43-17-11-16-40-5)20-28(35)29(37)21-27(24(3)4)32(38)36-22-34(33(39)42-7)14-9-8-10-15-34/h12-13,19,23-24,26-29,37H,8-11,14-18,20-22,35H2,1-7H3,(H,36,38)/t26-,27-,28-,29-/m0/s1. The van der Waals surface area contributed by atoms with E-state index in [-0.39, 0.29) is 36.7 Å². The third kappa shape index (κ3) is 11.3. The molecule has 0 spiro atoms. The number of carbonyl (C=O) groups is 2. The summed E-state index contributed by atoms with van der Waals surface area (Å²) >= 11 is 0. The van der Waals surface area contributed by atoms with E-state index in [4.69, 9.17) is 24.7 Å². The van der Waals surface area contributed by atoms with Crippen LogP contribution in [0.1, 0.15) is 84.6 Å². The Morgan fingerprint density at radius 2 is 1.67 bits per heavy atom. The molecule has 1 saturated carbocycles. The van der Waals surface area contributed by atoms with Gasteiger partial charge in [0.05, 0.1) is 32.3 Å². The molecule has 4 N–H and O–H groups in total. The molecule has 246 valence electrons. The minimum atomic E-state index is -0.834. The summed E-state index contributed by atoms with van der Waals surface area (Å²) in [4.78, 5) is 26.0. The van der Waals surface area contributed by atoms with Gasteiger partial charge in [-0.25, -0.2) is 0 Å². The SMILES string of the molecule is COCCCOc1cc(C[C@@H](C[C@H](N)[C@@H](O)C[C@H](C(=O)NCC2(C(=O)OC)CCCCC2)C(C)C)C(C)C)ccc1OC. The van der Waals surface area contributed by atoms with E-state index in [1.54, 1.807) is 14.2 Å². The zero-order valence-corrected chi connectivity index (χ0v) is 27.7. The summed E-state index contributed by atoms with van der Waals surface area (Å²) in [5.41, 5.74) is 7.05. The zero-order chi connectivity index (χ0) is 32.0. The Labute approximate surface area is 259 Å². The molecule has 1 amide bonds. The largest absolute Gasteiger partial charge is 0.493 e. The van der Waals surface area contributed by atoms with Gasteiger partial charge in [0.1, 0.15) is 0 Å². The molecule has 0 heterocycles. The fourth-order valence-electron chi connectivity index (χ4n) is 6.15. The molecule has 0 radical (unpaired) electrons. The lowest BCUT2D eigenvalue weighted by Gasteiger charge is -2.35. The van der Waals surface area contributed by atoms with Crippen molar-refractivity contribution in [2.75, 3.05) is 41.1 Å². The molecule has 2 rings (SSSR count). The molecule has 1 fully saturated rings. The maximum Gasteiger partial charge on any atom is 0.313 e. The Kier molecular flexibility index (Phi) is 15.8. The third-order valence-corrected chi connectivity index (χ3v) is 9.16. The number of benzene rings is 1. The number of esters is 1. The van der Waals surface area contributed by atoms with Crippen molar-refractivity contribution in [1.82, 2.24) is 5.32 Å². The average Bonchev–Trinajstić information content (AvgIpc) is 3.00. The number of hydrogen-bond acceptors (Lipinski definition) is 8. The number of methoxy groups -OCH3 is 3. The van der Waals surface area contributed by atoms with Gasteiger partial charge >= 0.3 is 5.97 Å². The summed E-state index contributed by atoms with van der Waals surface area (Å²) in [5, 5.41) is 14.2. The van der Waals surface area contributed by atoms with Crippen molar-refractivity contribution in [3.05, 3.63) is 23.8 Å². The summed E-state index contributed by atoms with van der Waals surface area (Å²) in [7, 11) is 4.71. The van der Waals surface area contributed by atoms with Gasteiger partial charge in [0.15, 0.2) is 11.5 Å². The molecule has 0 saturated heterocycles. The van der Waals surface area contributed by atoms with Gasteiger partial charge in [-0.2, -0.15) is 0 Å². The van der Waals surface area contributed by atoms with Crippen molar-refractivity contribution in [2.45, 2.75) is 97.6 Å². The van der Waals surface area contributed by atoms with Crippen LogP contribution < -0.4 is 20.5 Å². The van der Waals surface area contributed by atoms with Crippen LogP contribution in [-0.2, 0) is 25.5 Å². The van der Waals surface area contributed by atoms with E-state index in [0.717, 1.165) is 37.7 Å². The number of nitrogens with one attached hydrogen (secondary N) is 1. The lowest BCUT2D eigenvalue weighted by molar-refractivity contribution is -0.155. The number of hydrogen-bond donors (Lipinski definition) is 3. The summed E-state index contributed by atoms with van der Waals surface area (Å²) < 4.78 is 21.7. The lowest BCUT2D eigenvalue weighted by atomic mass is 9.73. The Hall–Kier alpha value is -2.36.